The summed E-state index contributed by atoms with van der Waals surface area (Å²) in [6, 6.07) is 20.9. The third-order valence-corrected chi connectivity index (χ3v) is 7.59. The number of anilines is 1. The molecule has 1 aromatic heterocycles. The van der Waals surface area contributed by atoms with E-state index in [4.69, 9.17) is 9.47 Å². The second-order valence-electron chi connectivity index (χ2n) is 9.43. The molecule has 0 radical (unpaired) electrons. The lowest BCUT2D eigenvalue weighted by molar-refractivity contribution is -0.144. The number of imide groups is 1. The Hall–Kier alpha value is -5.57. The third kappa shape index (κ3) is 6.83. The molecule has 0 fully saturated rings. The zero-order chi connectivity index (χ0) is 31.9. The van der Waals surface area contributed by atoms with Gasteiger partial charge in [-0.15, -0.1) is 5.10 Å². The molecular formula is C30H27N7O7S. The molecule has 0 aliphatic carbocycles. The Bertz CT molecular complexity index is 1710. The molecular weight excluding hydrogens is 602 g/mol. The quantitative estimate of drug-likeness (QED) is 0.142. The van der Waals surface area contributed by atoms with Crippen LogP contribution in [0.25, 0.3) is 5.69 Å². The summed E-state index contributed by atoms with van der Waals surface area (Å²) < 4.78 is 12.1. The van der Waals surface area contributed by atoms with Crippen LogP contribution in [-0.2, 0) is 9.53 Å². The number of amides is 4. The Kier molecular flexibility index (Phi) is 9.48. The summed E-state index contributed by atoms with van der Waals surface area (Å²) in [4.78, 5) is 67.9. The number of thioether (sulfide) groups is 1. The molecule has 230 valence electrons. The summed E-state index contributed by atoms with van der Waals surface area (Å²) >= 11 is 0.851. The molecule has 2 heterocycles. The lowest BCUT2D eigenvalue weighted by atomic mass is 10.1. The Morgan fingerprint density at radius 3 is 2.20 bits per heavy atom. The van der Waals surface area contributed by atoms with Crippen molar-refractivity contribution in [2.75, 3.05) is 31.3 Å². The third-order valence-electron chi connectivity index (χ3n) is 6.72. The first-order valence-electron chi connectivity index (χ1n) is 13.8. The van der Waals surface area contributed by atoms with E-state index in [1.54, 1.807) is 65.6 Å². The maximum atomic E-state index is 13.4. The molecule has 0 atom stereocenters. The number of hydrogen-bond acceptors (Lipinski definition) is 11. The highest BCUT2D eigenvalue weighted by Gasteiger charge is 2.36. The molecule has 5 rings (SSSR count). The Morgan fingerprint density at radius 1 is 0.867 bits per heavy atom. The number of nitrogens with zero attached hydrogens (tertiary/aromatic N) is 7. The number of benzene rings is 3. The van der Waals surface area contributed by atoms with Crippen molar-refractivity contribution in [3.8, 4) is 11.4 Å². The van der Waals surface area contributed by atoms with Crippen LogP contribution in [-0.4, -0.2) is 85.5 Å². The molecule has 0 N–H and O–H groups in total. The number of esters is 1. The van der Waals surface area contributed by atoms with Gasteiger partial charge in [-0.25, -0.2) is 9.69 Å². The molecule has 0 bridgehead atoms. The predicted octanol–water partition coefficient (Wildman–Crippen LogP) is 4.02. The number of fused-ring (bicyclic) bond motifs is 1. The van der Waals surface area contributed by atoms with Crippen LogP contribution in [0.1, 0.15) is 34.6 Å². The average molecular weight is 630 g/mol. The number of carbonyl (C=O) groups excluding carboxylic acids is 5. The molecule has 4 aromatic rings. The maximum absolute atomic E-state index is 13.4. The molecule has 4 amide bonds. The van der Waals surface area contributed by atoms with Crippen LogP contribution >= 0.6 is 11.8 Å². The van der Waals surface area contributed by atoms with Crippen molar-refractivity contribution in [1.82, 2.24) is 30.0 Å². The van der Waals surface area contributed by atoms with E-state index in [2.05, 4.69) is 15.5 Å². The van der Waals surface area contributed by atoms with Crippen LogP contribution in [0.3, 0.4) is 0 Å². The molecule has 0 saturated heterocycles. The topological polar surface area (TPSA) is 157 Å². The molecule has 1 aliphatic heterocycles. The highest BCUT2D eigenvalue weighted by molar-refractivity contribution is 8.13. The summed E-state index contributed by atoms with van der Waals surface area (Å²) in [5.74, 6) is -1.86. The van der Waals surface area contributed by atoms with Crippen molar-refractivity contribution < 1.29 is 33.4 Å². The molecule has 15 heteroatoms. The Balaban J connectivity index is 1.36. The first kappa shape index (κ1) is 30.9. The van der Waals surface area contributed by atoms with E-state index in [-0.39, 0.29) is 33.0 Å². The van der Waals surface area contributed by atoms with Crippen molar-refractivity contribution in [2.45, 2.75) is 19.0 Å². The van der Waals surface area contributed by atoms with Gasteiger partial charge >= 0.3 is 12.1 Å². The van der Waals surface area contributed by atoms with Crippen LogP contribution in [0.2, 0.25) is 0 Å². The largest absolute Gasteiger partial charge is 0.442 e. The second-order valence-corrected chi connectivity index (χ2v) is 10.3. The predicted molar refractivity (Wildman–Crippen MR) is 161 cm³/mol. The van der Waals surface area contributed by atoms with E-state index in [0.717, 1.165) is 21.6 Å². The first-order valence-corrected chi connectivity index (χ1v) is 14.6. The number of hydrogen-bond donors (Lipinski definition) is 0. The summed E-state index contributed by atoms with van der Waals surface area (Å²) in [7, 11) is 0. The van der Waals surface area contributed by atoms with Crippen LogP contribution < -0.4 is 9.64 Å². The van der Waals surface area contributed by atoms with Crippen molar-refractivity contribution >= 4 is 46.6 Å². The zero-order valence-corrected chi connectivity index (χ0v) is 25.0. The van der Waals surface area contributed by atoms with Gasteiger partial charge in [-0.3, -0.25) is 24.1 Å². The number of rotatable bonds is 10. The van der Waals surface area contributed by atoms with Gasteiger partial charge < -0.3 is 14.4 Å². The van der Waals surface area contributed by atoms with E-state index in [1.165, 1.54) is 22.9 Å². The normalized spacial score (nSPS) is 12.1. The van der Waals surface area contributed by atoms with Gasteiger partial charge in [0.25, 0.3) is 17.1 Å². The van der Waals surface area contributed by atoms with Crippen molar-refractivity contribution in [3.63, 3.8) is 0 Å². The number of aromatic nitrogens is 4. The van der Waals surface area contributed by atoms with Gasteiger partial charge in [-0.1, -0.05) is 36.4 Å². The molecule has 14 nitrogen and oxygen atoms in total. The van der Waals surface area contributed by atoms with Crippen molar-refractivity contribution in [1.29, 1.82) is 0 Å². The minimum absolute atomic E-state index is 0.197. The monoisotopic (exact) mass is 629 g/mol. The summed E-state index contributed by atoms with van der Waals surface area (Å²) in [6.07, 6.45) is -0.904. The summed E-state index contributed by atoms with van der Waals surface area (Å²) in [5.41, 5.74) is 1.03. The van der Waals surface area contributed by atoms with Gasteiger partial charge in [-0.2, -0.15) is 4.68 Å². The molecule has 0 unspecified atom stereocenters. The number of para-hydroxylation sites is 1. The smallest absolute Gasteiger partial charge is 0.420 e. The van der Waals surface area contributed by atoms with Gasteiger partial charge in [0.2, 0.25) is 5.16 Å². The van der Waals surface area contributed by atoms with Gasteiger partial charge in [0.1, 0.15) is 12.3 Å². The lowest BCUT2D eigenvalue weighted by Gasteiger charge is -2.22. The highest BCUT2D eigenvalue weighted by Crippen LogP contribution is 2.26. The number of carbonyl (C=O) groups is 5. The van der Waals surface area contributed by atoms with Crippen LogP contribution in [0.5, 0.6) is 5.75 Å². The summed E-state index contributed by atoms with van der Waals surface area (Å²) in [6.45, 7) is 3.49. The van der Waals surface area contributed by atoms with Gasteiger partial charge in [0, 0.05) is 30.5 Å². The van der Waals surface area contributed by atoms with Crippen molar-refractivity contribution in [2.24, 2.45) is 0 Å². The Morgan fingerprint density at radius 2 is 1.53 bits per heavy atom. The second kappa shape index (κ2) is 13.8. The van der Waals surface area contributed by atoms with E-state index in [1.807, 2.05) is 13.8 Å². The van der Waals surface area contributed by atoms with E-state index < -0.39 is 37.2 Å². The lowest BCUT2D eigenvalue weighted by Crippen LogP contribution is -2.40. The van der Waals surface area contributed by atoms with Crippen LogP contribution in [0.15, 0.2) is 84.0 Å². The fourth-order valence-corrected chi connectivity index (χ4v) is 5.24. The van der Waals surface area contributed by atoms with Gasteiger partial charge in [0.15, 0.2) is 6.73 Å². The molecule has 0 spiro atoms. The molecule has 0 saturated carbocycles. The number of ether oxygens (including phenoxy) is 2. The standard InChI is InChI=1S/C30H27N7O7S/c1-3-34(4-2)30(42)45-28-31-32-33-37(28)21-12-10-11-20(17-21)35(29(41)44-22-13-6-5-7-14-22)18-25(38)43-19-36-26(39)23-15-8-9-16-24(23)27(36)40/h5-17H,3-4,18-19H2,1-2H3. The zero-order valence-electron chi connectivity index (χ0n) is 24.2. The van der Waals surface area contributed by atoms with Crippen LogP contribution in [0, 0.1) is 0 Å². The number of tetrazole rings is 1. The minimum Gasteiger partial charge on any atom is -0.442 e. The van der Waals surface area contributed by atoms with E-state index >= 15 is 0 Å². The average Bonchev–Trinajstić information content (AvgIpc) is 3.61. The SMILES string of the molecule is CCN(CC)C(=O)Sc1nnnn1-c1cccc(N(CC(=O)OCN2C(=O)c3ccccc3C2=O)C(=O)Oc2ccccc2)c1. The van der Waals surface area contributed by atoms with E-state index in [0.29, 0.717) is 18.8 Å². The molecule has 45 heavy (non-hydrogen) atoms. The fourth-order valence-electron chi connectivity index (χ4n) is 4.40. The fraction of sp³-hybridized carbons (Fsp3) is 0.200. The summed E-state index contributed by atoms with van der Waals surface area (Å²) in [5, 5.41) is 11.6. The highest BCUT2D eigenvalue weighted by atomic mass is 32.2. The van der Waals surface area contributed by atoms with Crippen molar-refractivity contribution in [3.05, 3.63) is 90.0 Å². The van der Waals surface area contributed by atoms with Gasteiger partial charge in [0.05, 0.1) is 16.8 Å². The molecule has 1 aliphatic rings. The van der Waals surface area contributed by atoms with E-state index in [9.17, 15) is 24.0 Å². The Labute approximate surface area is 261 Å². The molecule has 3 aromatic carbocycles. The minimum atomic E-state index is -0.912. The maximum Gasteiger partial charge on any atom is 0.420 e. The van der Waals surface area contributed by atoms with Crippen LogP contribution in [0.4, 0.5) is 15.3 Å². The first-order chi connectivity index (χ1) is 21.8. The van der Waals surface area contributed by atoms with Gasteiger partial charge in [-0.05, 0) is 66.7 Å².